The Bertz CT molecular complexity index is 921. The van der Waals surface area contributed by atoms with E-state index in [1.807, 2.05) is 59.2 Å². The van der Waals surface area contributed by atoms with Crippen molar-refractivity contribution in [2.45, 2.75) is 19.6 Å². The Morgan fingerprint density at radius 2 is 1.79 bits per heavy atom. The lowest BCUT2D eigenvalue weighted by Crippen LogP contribution is -2.27. The molecule has 1 heterocycles. The van der Waals surface area contributed by atoms with Gasteiger partial charge in [0, 0.05) is 39.3 Å². The van der Waals surface area contributed by atoms with Crippen molar-refractivity contribution in [1.29, 1.82) is 0 Å². The van der Waals surface area contributed by atoms with Gasteiger partial charge in [-0.05, 0) is 30.2 Å². The molecule has 0 saturated heterocycles. The molecular weight excluding hydrogens is 368 g/mol. The summed E-state index contributed by atoms with van der Waals surface area (Å²) in [4.78, 5) is 12.8. The molecule has 0 aliphatic carbocycles. The van der Waals surface area contributed by atoms with Crippen LogP contribution in [0.15, 0.2) is 54.6 Å². The van der Waals surface area contributed by atoms with Gasteiger partial charge in [-0.15, -0.1) is 0 Å². The summed E-state index contributed by atoms with van der Waals surface area (Å²) < 4.78 is 18.4. The third-order valence-electron chi connectivity index (χ3n) is 4.71. The van der Waals surface area contributed by atoms with Crippen molar-refractivity contribution in [2.24, 2.45) is 0 Å². The second-order valence-corrected chi connectivity index (χ2v) is 6.74. The van der Waals surface area contributed by atoms with E-state index < -0.39 is 0 Å². The molecule has 2 aromatic carbocycles. The molecule has 6 nitrogen and oxygen atoms in total. The third-order valence-corrected chi connectivity index (χ3v) is 4.71. The fourth-order valence-corrected chi connectivity index (χ4v) is 3.24. The minimum absolute atomic E-state index is 0.109. The molecular formula is C23H28N2O4. The van der Waals surface area contributed by atoms with Gasteiger partial charge in [-0.3, -0.25) is 4.79 Å². The number of fused-ring (bicyclic) bond motifs is 1. The minimum atomic E-state index is -0.109. The average Bonchev–Trinajstić information content (AvgIpc) is 3.13. The highest BCUT2D eigenvalue weighted by Gasteiger charge is 2.17. The van der Waals surface area contributed by atoms with Crippen molar-refractivity contribution in [3.63, 3.8) is 0 Å². The Labute approximate surface area is 171 Å². The van der Waals surface area contributed by atoms with Crippen LogP contribution >= 0.6 is 0 Å². The van der Waals surface area contributed by atoms with Crippen LogP contribution in [0.1, 0.15) is 22.5 Å². The first-order valence-corrected chi connectivity index (χ1v) is 9.79. The summed E-state index contributed by atoms with van der Waals surface area (Å²) in [7, 11) is 3.31. The zero-order valence-electron chi connectivity index (χ0n) is 17.0. The number of hydrogen-bond donors (Lipinski definition) is 1. The molecule has 29 heavy (non-hydrogen) atoms. The third kappa shape index (κ3) is 5.37. The van der Waals surface area contributed by atoms with E-state index in [0.717, 1.165) is 28.6 Å². The Kier molecular flexibility index (Phi) is 7.67. The van der Waals surface area contributed by atoms with E-state index in [-0.39, 0.29) is 5.91 Å². The van der Waals surface area contributed by atoms with Crippen LogP contribution in [0, 0.1) is 0 Å². The van der Waals surface area contributed by atoms with E-state index in [9.17, 15) is 4.79 Å². The Morgan fingerprint density at radius 3 is 2.55 bits per heavy atom. The number of carbonyl (C=O) groups is 1. The lowest BCUT2D eigenvalue weighted by Gasteiger charge is -2.11. The van der Waals surface area contributed by atoms with Crippen molar-refractivity contribution in [3.8, 4) is 5.75 Å². The Hall–Kier alpha value is -2.83. The molecule has 0 aliphatic rings. The lowest BCUT2D eigenvalue weighted by molar-refractivity contribution is 0.0937. The zero-order valence-corrected chi connectivity index (χ0v) is 17.0. The van der Waals surface area contributed by atoms with Crippen molar-refractivity contribution < 1.29 is 19.0 Å². The number of nitrogens with one attached hydrogen (secondary N) is 1. The molecule has 0 atom stereocenters. The van der Waals surface area contributed by atoms with E-state index in [2.05, 4.69) is 5.32 Å². The summed E-state index contributed by atoms with van der Waals surface area (Å²) in [6.07, 6.45) is 0.770. The second-order valence-electron chi connectivity index (χ2n) is 6.74. The predicted molar refractivity (Wildman–Crippen MR) is 113 cm³/mol. The van der Waals surface area contributed by atoms with E-state index in [1.54, 1.807) is 14.2 Å². The van der Waals surface area contributed by atoms with Gasteiger partial charge in [0.2, 0.25) is 0 Å². The smallest absolute Gasteiger partial charge is 0.267 e. The topological polar surface area (TPSA) is 61.7 Å². The van der Waals surface area contributed by atoms with Crippen LogP contribution in [0.3, 0.4) is 0 Å². The SMILES string of the molecule is COCCCNC(=O)c1cc2c(OCc3ccccc3)cccc2n1CCOC. The number of benzene rings is 2. The van der Waals surface area contributed by atoms with E-state index in [0.29, 0.717) is 38.6 Å². The maximum atomic E-state index is 12.8. The molecule has 1 N–H and O–H groups in total. The zero-order chi connectivity index (χ0) is 20.5. The minimum Gasteiger partial charge on any atom is -0.488 e. The number of amides is 1. The van der Waals surface area contributed by atoms with Gasteiger partial charge < -0.3 is 24.1 Å². The maximum absolute atomic E-state index is 12.8. The molecule has 0 aliphatic heterocycles. The number of nitrogens with zero attached hydrogens (tertiary/aromatic N) is 1. The molecule has 154 valence electrons. The maximum Gasteiger partial charge on any atom is 0.267 e. The fourth-order valence-electron chi connectivity index (χ4n) is 3.24. The summed E-state index contributed by atoms with van der Waals surface area (Å²) in [6.45, 7) is 2.76. The van der Waals surface area contributed by atoms with E-state index in [1.165, 1.54) is 0 Å². The second kappa shape index (κ2) is 10.6. The molecule has 1 aromatic heterocycles. The van der Waals surface area contributed by atoms with Gasteiger partial charge in [0.1, 0.15) is 18.1 Å². The van der Waals surface area contributed by atoms with E-state index >= 15 is 0 Å². The molecule has 1 amide bonds. The first-order chi connectivity index (χ1) is 14.2. The standard InChI is InChI=1S/C23H28N2O4/c1-27-14-7-12-24-23(26)21-16-19-20(25(21)13-15-28-2)10-6-11-22(19)29-17-18-8-4-3-5-9-18/h3-6,8-11,16H,7,12-15,17H2,1-2H3,(H,24,26). The molecule has 3 aromatic rings. The fraction of sp³-hybridized carbons (Fsp3) is 0.348. The summed E-state index contributed by atoms with van der Waals surface area (Å²) in [5.74, 6) is 0.651. The van der Waals surface area contributed by atoms with Crippen LogP contribution < -0.4 is 10.1 Å². The van der Waals surface area contributed by atoms with Crippen LogP contribution in [-0.2, 0) is 22.6 Å². The van der Waals surface area contributed by atoms with Crippen molar-refractivity contribution >= 4 is 16.8 Å². The summed E-state index contributed by atoms with van der Waals surface area (Å²) in [5, 5.41) is 3.89. The van der Waals surface area contributed by atoms with Crippen LogP contribution in [0.25, 0.3) is 10.9 Å². The predicted octanol–water partition coefficient (Wildman–Crippen LogP) is 3.63. The van der Waals surface area contributed by atoms with Gasteiger partial charge in [-0.25, -0.2) is 0 Å². The summed E-state index contributed by atoms with van der Waals surface area (Å²) in [6, 6.07) is 17.8. The number of rotatable bonds is 11. The monoisotopic (exact) mass is 396 g/mol. The molecule has 0 spiro atoms. The first kappa shape index (κ1) is 20.9. The molecule has 0 saturated carbocycles. The molecule has 3 rings (SSSR count). The van der Waals surface area contributed by atoms with Crippen LogP contribution in [0.5, 0.6) is 5.75 Å². The van der Waals surface area contributed by atoms with Gasteiger partial charge in [-0.1, -0.05) is 36.4 Å². The molecule has 0 radical (unpaired) electrons. The molecule has 0 unspecified atom stereocenters. The number of methoxy groups -OCH3 is 2. The van der Waals surface area contributed by atoms with Crippen LogP contribution in [0.4, 0.5) is 0 Å². The highest BCUT2D eigenvalue weighted by atomic mass is 16.5. The summed E-state index contributed by atoms with van der Waals surface area (Å²) in [5.41, 5.74) is 2.65. The Balaban J connectivity index is 1.86. The highest BCUT2D eigenvalue weighted by molar-refractivity contribution is 6.00. The lowest BCUT2D eigenvalue weighted by atomic mass is 10.2. The number of hydrogen-bond acceptors (Lipinski definition) is 4. The van der Waals surface area contributed by atoms with Gasteiger partial charge in [-0.2, -0.15) is 0 Å². The largest absolute Gasteiger partial charge is 0.488 e. The first-order valence-electron chi connectivity index (χ1n) is 9.79. The molecule has 0 fully saturated rings. The summed E-state index contributed by atoms with van der Waals surface area (Å²) >= 11 is 0. The highest BCUT2D eigenvalue weighted by Crippen LogP contribution is 2.30. The van der Waals surface area contributed by atoms with Crippen molar-refractivity contribution in [1.82, 2.24) is 9.88 Å². The normalized spacial score (nSPS) is 11.0. The Morgan fingerprint density at radius 1 is 1.00 bits per heavy atom. The van der Waals surface area contributed by atoms with Crippen LogP contribution in [-0.4, -0.2) is 44.5 Å². The van der Waals surface area contributed by atoms with Gasteiger partial charge >= 0.3 is 0 Å². The van der Waals surface area contributed by atoms with Gasteiger partial charge in [0.05, 0.1) is 12.1 Å². The van der Waals surface area contributed by atoms with Gasteiger partial charge in [0.25, 0.3) is 5.91 Å². The van der Waals surface area contributed by atoms with Crippen molar-refractivity contribution in [2.75, 3.05) is 34.0 Å². The quantitative estimate of drug-likeness (QED) is 0.503. The average molecular weight is 396 g/mol. The van der Waals surface area contributed by atoms with E-state index in [4.69, 9.17) is 14.2 Å². The van der Waals surface area contributed by atoms with Gasteiger partial charge in [0.15, 0.2) is 0 Å². The van der Waals surface area contributed by atoms with Crippen LogP contribution in [0.2, 0.25) is 0 Å². The number of aromatic nitrogens is 1. The number of carbonyl (C=O) groups excluding carboxylic acids is 1. The molecule has 6 heteroatoms. The van der Waals surface area contributed by atoms with Crippen molar-refractivity contribution in [3.05, 3.63) is 65.9 Å². The number of ether oxygens (including phenoxy) is 3. The molecule has 0 bridgehead atoms.